The van der Waals surface area contributed by atoms with Crippen LogP contribution >= 0.6 is 0 Å². The summed E-state index contributed by atoms with van der Waals surface area (Å²) in [5, 5.41) is 9.60. The molecule has 8 heteroatoms. The van der Waals surface area contributed by atoms with Crippen LogP contribution in [0.1, 0.15) is 34.6 Å². The van der Waals surface area contributed by atoms with Crippen molar-refractivity contribution in [1.82, 2.24) is 4.72 Å². The van der Waals surface area contributed by atoms with E-state index in [1.54, 1.807) is 38.1 Å². The van der Waals surface area contributed by atoms with Gasteiger partial charge in [-0.2, -0.15) is 0 Å². The van der Waals surface area contributed by atoms with E-state index in [-0.39, 0.29) is 10.7 Å². The van der Waals surface area contributed by atoms with Crippen molar-refractivity contribution in [3.05, 3.63) is 59.4 Å². The molecule has 0 aliphatic heterocycles. The minimum atomic E-state index is -3.85. The fourth-order valence-electron chi connectivity index (χ4n) is 2.96. The molecular formula is C19H19NO6S. The molecule has 0 aliphatic rings. The molecule has 0 saturated carbocycles. The first-order valence-electron chi connectivity index (χ1n) is 8.16. The average Bonchev–Trinajstić information content (AvgIpc) is 2.98. The van der Waals surface area contributed by atoms with E-state index in [2.05, 4.69) is 4.72 Å². The molecule has 3 aromatic rings. The smallest absolute Gasteiger partial charge is 0.372 e. The molecule has 0 saturated heterocycles. The standard InChI is InChI=1S/C19H19NO6S/c1-11-15-10-13(8-9-17(15)26-18(11)19(21)22)27(23,24)20-12(2)14-6-4-5-7-16(14)25-3/h4-10,12,20H,1-3H3,(H,21,22). The van der Waals surface area contributed by atoms with Crippen LogP contribution < -0.4 is 9.46 Å². The van der Waals surface area contributed by atoms with Crippen molar-refractivity contribution >= 4 is 27.0 Å². The normalized spacial score (nSPS) is 12.9. The molecule has 3 rings (SSSR count). The van der Waals surface area contributed by atoms with Crippen molar-refractivity contribution < 1.29 is 27.5 Å². The fraction of sp³-hybridized carbons (Fsp3) is 0.211. The Kier molecular flexibility index (Phi) is 4.95. The zero-order valence-electron chi connectivity index (χ0n) is 15.0. The Morgan fingerprint density at radius 2 is 1.93 bits per heavy atom. The number of carboxylic acid groups (broad SMARTS) is 1. The molecule has 2 N–H and O–H groups in total. The number of hydrogen-bond acceptors (Lipinski definition) is 5. The molecular weight excluding hydrogens is 370 g/mol. The van der Waals surface area contributed by atoms with E-state index < -0.39 is 22.0 Å². The molecule has 1 heterocycles. The second kappa shape index (κ2) is 7.05. The number of sulfonamides is 1. The summed E-state index contributed by atoms with van der Waals surface area (Å²) in [6, 6.07) is 10.9. The van der Waals surface area contributed by atoms with Gasteiger partial charge in [-0.15, -0.1) is 0 Å². The van der Waals surface area contributed by atoms with E-state index in [1.807, 2.05) is 0 Å². The Balaban J connectivity index is 1.97. The summed E-state index contributed by atoms with van der Waals surface area (Å²) in [6.45, 7) is 3.30. The summed E-state index contributed by atoms with van der Waals surface area (Å²) < 4.78 is 38.8. The Labute approximate surface area is 156 Å². The number of para-hydroxylation sites is 1. The Hall–Kier alpha value is -2.84. The summed E-state index contributed by atoms with van der Waals surface area (Å²) in [5.74, 6) is -0.814. The van der Waals surface area contributed by atoms with Crippen molar-refractivity contribution in [2.75, 3.05) is 7.11 Å². The molecule has 0 spiro atoms. The number of rotatable bonds is 6. The van der Waals surface area contributed by atoms with Gasteiger partial charge in [0.25, 0.3) is 0 Å². The zero-order valence-corrected chi connectivity index (χ0v) is 15.8. The maximum absolute atomic E-state index is 12.8. The third-order valence-electron chi connectivity index (χ3n) is 4.35. The van der Waals surface area contributed by atoms with Crippen molar-refractivity contribution in [3.8, 4) is 5.75 Å². The number of carboxylic acids is 1. The predicted molar refractivity (Wildman–Crippen MR) is 99.6 cm³/mol. The van der Waals surface area contributed by atoms with E-state index in [0.717, 1.165) is 0 Å². The summed E-state index contributed by atoms with van der Waals surface area (Å²) in [7, 11) is -2.32. The topological polar surface area (TPSA) is 106 Å². The highest BCUT2D eigenvalue weighted by atomic mass is 32.2. The highest BCUT2D eigenvalue weighted by Gasteiger charge is 2.23. The highest BCUT2D eigenvalue weighted by Crippen LogP contribution is 2.29. The van der Waals surface area contributed by atoms with Crippen LogP contribution in [-0.4, -0.2) is 26.6 Å². The van der Waals surface area contributed by atoms with Gasteiger partial charge in [-0.05, 0) is 38.1 Å². The number of benzene rings is 2. The van der Waals surface area contributed by atoms with Gasteiger partial charge in [0.05, 0.1) is 12.0 Å². The van der Waals surface area contributed by atoms with Crippen LogP contribution in [-0.2, 0) is 10.0 Å². The van der Waals surface area contributed by atoms with E-state index in [1.165, 1.54) is 25.3 Å². The molecule has 27 heavy (non-hydrogen) atoms. The minimum Gasteiger partial charge on any atom is -0.496 e. The van der Waals surface area contributed by atoms with Gasteiger partial charge in [0, 0.05) is 22.6 Å². The first-order valence-corrected chi connectivity index (χ1v) is 9.64. The summed E-state index contributed by atoms with van der Waals surface area (Å²) in [5.41, 5.74) is 1.41. The molecule has 0 bridgehead atoms. The Morgan fingerprint density at radius 1 is 1.22 bits per heavy atom. The zero-order chi connectivity index (χ0) is 19.8. The van der Waals surface area contributed by atoms with Crippen LogP contribution in [0.15, 0.2) is 51.8 Å². The van der Waals surface area contributed by atoms with Crippen LogP contribution in [0.5, 0.6) is 5.75 Å². The molecule has 0 aliphatic carbocycles. The van der Waals surface area contributed by atoms with Crippen LogP contribution in [0.2, 0.25) is 0 Å². The van der Waals surface area contributed by atoms with Gasteiger partial charge in [0.2, 0.25) is 15.8 Å². The van der Waals surface area contributed by atoms with Gasteiger partial charge in [-0.1, -0.05) is 18.2 Å². The van der Waals surface area contributed by atoms with Gasteiger partial charge in [-0.3, -0.25) is 0 Å². The minimum absolute atomic E-state index is 0.0255. The second-order valence-electron chi connectivity index (χ2n) is 6.10. The molecule has 1 atom stereocenters. The number of ether oxygens (including phenoxy) is 1. The first kappa shape index (κ1) is 18.9. The number of furan rings is 1. The number of aromatic carboxylic acids is 1. The third-order valence-corrected chi connectivity index (χ3v) is 5.89. The lowest BCUT2D eigenvalue weighted by molar-refractivity contribution is 0.0664. The number of aryl methyl sites for hydroxylation is 1. The number of carbonyl (C=O) groups is 1. The van der Waals surface area contributed by atoms with E-state index in [9.17, 15) is 13.2 Å². The lowest BCUT2D eigenvalue weighted by Crippen LogP contribution is -2.27. The second-order valence-corrected chi connectivity index (χ2v) is 7.82. The molecule has 0 amide bonds. The molecule has 1 aromatic heterocycles. The van der Waals surface area contributed by atoms with Gasteiger partial charge in [0.1, 0.15) is 11.3 Å². The van der Waals surface area contributed by atoms with E-state index in [4.69, 9.17) is 14.3 Å². The number of hydrogen-bond donors (Lipinski definition) is 2. The lowest BCUT2D eigenvalue weighted by Gasteiger charge is -2.17. The molecule has 7 nitrogen and oxygen atoms in total. The average molecular weight is 389 g/mol. The van der Waals surface area contributed by atoms with Gasteiger partial charge < -0.3 is 14.3 Å². The van der Waals surface area contributed by atoms with E-state index >= 15 is 0 Å². The van der Waals surface area contributed by atoms with Gasteiger partial charge in [-0.25, -0.2) is 17.9 Å². The Morgan fingerprint density at radius 3 is 2.59 bits per heavy atom. The fourth-order valence-corrected chi connectivity index (χ4v) is 4.21. The van der Waals surface area contributed by atoms with Crippen molar-refractivity contribution in [1.29, 1.82) is 0 Å². The summed E-state index contributed by atoms with van der Waals surface area (Å²) in [6.07, 6.45) is 0. The van der Waals surface area contributed by atoms with Crippen molar-refractivity contribution in [3.63, 3.8) is 0 Å². The van der Waals surface area contributed by atoms with Gasteiger partial charge >= 0.3 is 5.97 Å². The highest BCUT2D eigenvalue weighted by molar-refractivity contribution is 7.89. The molecule has 2 aromatic carbocycles. The van der Waals surface area contributed by atoms with Crippen LogP contribution in [0, 0.1) is 6.92 Å². The van der Waals surface area contributed by atoms with Crippen molar-refractivity contribution in [2.24, 2.45) is 0 Å². The maximum atomic E-state index is 12.8. The third kappa shape index (κ3) is 3.54. The molecule has 142 valence electrons. The number of methoxy groups -OCH3 is 1. The van der Waals surface area contributed by atoms with Crippen LogP contribution in [0.25, 0.3) is 11.0 Å². The monoisotopic (exact) mass is 389 g/mol. The lowest BCUT2D eigenvalue weighted by atomic mass is 10.1. The maximum Gasteiger partial charge on any atom is 0.372 e. The SMILES string of the molecule is COc1ccccc1C(C)NS(=O)(=O)c1ccc2oc(C(=O)O)c(C)c2c1. The van der Waals surface area contributed by atoms with Gasteiger partial charge in [0.15, 0.2) is 0 Å². The molecule has 0 radical (unpaired) electrons. The predicted octanol–water partition coefficient (Wildman–Crippen LogP) is 3.49. The van der Waals surface area contributed by atoms with E-state index in [0.29, 0.717) is 27.8 Å². The Bertz CT molecular complexity index is 1120. The largest absolute Gasteiger partial charge is 0.496 e. The summed E-state index contributed by atoms with van der Waals surface area (Å²) >= 11 is 0. The summed E-state index contributed by atoms with van der Waals surface area (Å²) in [4.78, 5) is 11.2. The molecule has 1 unspecified atom stereocenters. The van der Waals surface area contributed by atoms with Crippen molar-refractivity contribution in [2.45, 2.75) is 24.8 Å². The quantitative estimate of drug-likeness (QED) is 0.668. The number of nitrogens with one attached hydrogen (secondary N) is 1. The van der Waals surface area contributed by atoms with Crippen LogP contribution in [0.4, 0.5) is 0 Å². The number of fused-ring (bicyclic) bond motifs is 1. The first-order chi connectivity index (χ1) is 12.7. The molecule has 0 fully saturated rings. The van der Waals surface area contributed by atoms with Crippen LogP contribution in [0.3, 0.4) is 0 Å².